The SMILES string of the molecule is O=C(C1CNNN1)N1CCC(c2nc(NC3CC3)ncc2-c2ccncc2)CC1. The third kappa shape index (κ3) is 4.07. The van der Waals surface area contributed by atoms with Crippen LogP contribution < -0.4 is 21.7 Å². The fourth-order valence-corrected chi connectivity index (χ4v) is 4.02. The predicted octanol–water partition coefficient (Wildman–Crippen LogP) is 0.800. The normalized spacial score (nSPS) is 22.6. The summed E-state index contributed by atoms with van der Waals surface area (Å²) in [5.41, 5.74) is 11.9. The fourth-order valence-electron chi connectivity index (χ4n) is 4.02. The number of anilines is 1. The molecule has 1 aliphatic carbocycles. The lowest BCUT2D eigenvalue weighted by Crippen LogP contribution is -2.49. The molecule has 3 fully saturated rings. The summed E-state index contributed by atoms with van der Waals surface area (Å²) in [6, 6.07) is 4.31. The molecule has 1 saturated carbocycles. The Morgan fingerprint density at radius 1 is 1.14 bits per heavy atom. The molecule has 9 heteroatoms. The first-order valence-corrected chi connectivity index (χ1v) is 10.3. The maximum atomic E-state index is 12.7. The van der Waals surface area contributed by atoms with Gasteiger partial charge in [-0.15, -0.1) is 0 Å². The molecule has 2 aromatic rings. The minimum atomic E-state index is -0.202. The number of amides is 1. The molecule has 0 bridgehead atoms. The van der Waals surface area contributed by atoms with Crippen LogP contribution in [-0.4, -0.2) is 57.5 Å². The number of piperidine rings is 1. The molecule has 1 atom stereocenters. The Bertz CT molecular complexity index is 858. The van der Waals surface area contributed by atoms with Crippen LogP contribution in [0.3, 0.4) is 0 Å². The molecule has 3 aliphatic rings. The van der Waals surface area contributed by atoms with E-state index in [1.807, 2.05) is 23.2 Å². The number of nitrogens with one attached hydrogen (secondary N) is 4. The molecule has 5 rings (SSSR count). The van der Waals surface area contributed by atoms with Crippen molar-refractivity contribution in [1.82, 2.24) is 36.2 Å². The Kier molecular flexibility index (Phi) is 5.09. The molecular formula is C20H26N8O. The van der Waals surface area contributed by atoms with E-state index in [2.05, 4.69) is 31.7 Å². The smallest absolute Gasteiger partial charge is 0.242 e. The summed E-state index contributed by atoms with van der Waals surface area (Å²) in [5, 5.41) is 3.42. The fraction of sp³-hybridized carbons (Fsp3) is 0.500. The van der Waals surface area contributed by atoms with Gasteiger partial charge in [-0.05, 0) is 43.4 Å². The summed E-state index contributed by atoms with van der Waals surface area (Å²) < 4.78 is 0. The molecule has 2 saturated heterocycles. The van der Waals surface area contributed by atoms with Crippen LogP contribution in [0.2, 0.25) is 0 Å². The third-order valence-electron chi connectivity index (χ3n) is 5.85. The summed E-state index contributed by atoms with van der Waals surface area (Å²) in [7, 11) is 0. The minimum Gasteiger partial charge on any atom is -0.351 e. The van der Waals surface area contributed by atoms with Crippen molar-refractivity contribution in [2.24, 2.45) is 0 Å². The summed E-state index contributed by atoms with van der Waals surface area (Å²) in [4.78, 5) is 28.2. The van der Waals surface area contributed by atoms with Crippen molar-refractivity contribution in [3.8, 4) is 11.1 Å². The van der Waals surface area contributed by atoms with E-state index in [-0.39, 0.29) is 11.9 Å². The van der Waals surface area contributed by atoms with Crippen LogP contribution >= 0.6 is 0 Å². The van der Waals surface area contributed by atoms with Gasteiger partial charge in [0, 0.05) is 55.7 Å². The van der Waals surface area contributed by atoms with Gasteiger partial charge in [0.2, 0.25) is 11.9 Å². The molecule has 29 heavy (non-hydrogen) atoms. The number of hydrogen-bond donors (Lipinski definition) is 4. The molecule has 1 unspecified atom stereocenters. The van der Waals surface area contributed by atoms with E-state index in [1.165, 1.54) is 12.8 Å². The van der Waals surface area contributed by atoms with Gasteiger partial charge in [-0.25, -0.2) is 20.8 Å². The average Bonchev–Trinajstić information content (AvgIpc) is 3.42. The Morgan fingerprint density at radius 3 is 2.62 bits per heavy atom. The lowest BCUT2D eigenvalue weighted by molar-refractivity contribution is -0.133. The van der Waals surface area contributed by atoms with Crippen LogP contribution in [0.25, 0.3) is 11.1 Å². The monoisotopic (exact) mass is 394 g/mol. The molecule has 2 aliphatic heterocycles. The number of likely N-dealkylation sites (tertiary alicyclic amines) is 1. The Balaban J connectivity index is 1.35. The van der Waals surface area contributed by atoms with Crippen LogP contribution in [0, 0.1) is 0 Å². The van der Waals surface area contributed by atoms with Crippen LogP contribution in [0.4, 0.5) is 5.95 Å². The molecule has 0 spiro atoms. The number of carbonyl (C=O) groups excluding carboxylic acids is 1. The van der Waals surface area contributed by atoms with Gasteiger partial charge < -0.3 is 10.2 Å². The second kappa shape index (κ2) is 8.02. The first-order valence-electron chi connectivity index (χ1n) is 10.3. The Morgan fingerprint density at radius 2 is 1.93 bits per heavy atom. The summed E-state index contributed by atoms with van der Waals surface area (Å²) in [5.74, 6) is 1.16. The van der Waals surface area contributed by atoms with Gasteiger partial charge in [0.1, 0.15) is 6.04 Å². The highest BCUT2D eigenvalue weighted by Gasteiger charge is 2.32. The van der Waals surface area contributed by atoms with Crippen LogP contribution in [0.1, 0.15) is 37.3 Å². The standard InChI is InChI=1S/C20H26N8O/c29-19(17-12-23-27-26-17)28-9-5-14(6-10-28)18-16(13-3-7-21-8-4-13)11-22-20(25-18)24-15-1-2-15/h3-4,7-8,11,14-15,17,23,26-27H,1-2,5-6,9-10,12H2,(H,22,24,25). The van der Waals surface area contributed by atoms with E-state index < -0.39 is 0 Å². The van der Waals surface area contributed by atoms with E-state index in [0.29, 0.717) is 24.5 Å². The maximum absolute atomic E-state index is 12.7. The van der Waals surface area contributed by atoms with Crippen LogP contribution in [-0.2, 0) is 4.79 Å². The first kappa shape index (κ1) is 18.4. The molecule has 0 radical (unpaired) electrons. The topological polar surface area (TPSA) is 107 Å². The number of aromatic nitrogens is 3. The average molecular weight is 394 g/mol. The highest BCUT2D eigenvalue weighted by atomic mass is 16.2. The minimum absolute atomic E-state index is 0.147. The molecule has 4 heterocycles. The van der Waals surface area contributed by atoms with E-state index in [4.69, 9.17) is 4.98 Å². The molecule has 1 amide bonds. The summed E-state index contributed by atoms with van der Waals surface area (Å²) >= 11 is 0. The molecule has 2 aromatic heterocycles. The lowest BCUT2D eigenvalue weighted by atomic mass is 9.89. The molecule has 152 valence electrons. The van der Waals surface area contributed by atoms with Crippen LogP contribution in [0.5, 0.6) is 0 Å². The van der Waals surface area contributed by atoms with E-state index >= 15 is 0 Å². The van der Waals surface area contributed by atoms with Gasteiger partial charge in [-0.1, -0.05) is 0 Å². The van der Waals surface area contributed by atoms with Crippen molar-refractivity contribution < 1.29 is 4.79 Å². The number of hydrogen-bond acceptors (Lipinski definition) is 8. The highest BCUT2D eigenvalue weighted by molar-refractivity contribution is 5.82. The first-order chi connectivity index (χ1) is 14.3. The zero-order valence-corrected chi connectivity index (χ0v) is 16.3. The second-order valence-electron chi connectivity index (χ2n) is 7.95. The van der Waals surface area contributed by atoms with Gasteiger partial charge in [0.05, 0.1) is 5.69 Å². The van der Waals surface area contributed by atoms with Crippen molar-refractivity contribution >= 4 is 11.9 Å². The number of rotatable bonds is 5. The Hall–Kier alpha value is -2.62. The maximum Gasteiger partial charge on any atom is 0.242 e. The van der Waals surface area contributed by atoms with Crippen molar-refractivity contribution in [1.29, 1.82) is 0 Å². The van der Waals surface area contributed by atoms with Gasteiger partial charge in [0.15, 0.2) is 0 Å². The van der Waals surface area contributed by atoms with E-state index in [9.17, 15) is 4.79 Å². The molecule has 9 nitrogen and oxygen atoms in total. The Labute approximate surface area is 169 Å². The van der Waals surface area contributed by atoms with Crippen molar-refractivity contribution in [2.45, 2.75) is 43.7 Å². The third-order valence-corrected chi connectivity index (χ3v) is 5.85. The van der Waals surface area contributed by atoms with Crippen LogP contribution in [0.15, 0.2) is 30.7 Å². The summed E-state index contributed by atoms with van der Waals surface area (Å²) in [6.07, 6.45) is 9.70. The van der Waals surface area contributed by atoms with Gasteiger partial charge in [-0.3, -0.25) is 9.78 Å². The number of pyridine rings is 1. The molecular weight excluding hydrogens is 368 g/mol. The zero-order valence-electron chi connectivity index (χ0n) is 16.3. The highest BCUT2D eigenvalue weighted by Crippen LogP contribution is 2.35. The largest absolute Gasteiger partial charge is 0.351 e. The second-order valence-corrected chi connectivity index (χ2v) is 7.95. The van der Waals surface area contributed by atoms with E-state index in [1.54, 1.807) is 12.4 Å². The van der Waals surface area contributed by atoms with Crippen molar-refractivity contribution in [2.75, 3.05) is 25.0 Å². The molecule has 4 N–H and O–H groups in total. The summed E-state index contributed by atoms with van der Waals surface area (Å²) in [6.45, 7) is 2.09. The van der Waals surface area contributed by atoms with E-state index in [0.717, 1.165) is 42.8 Å². The predicted molar refractivity (Wildman–Crippen MR) is 109 cm³/mol. The lowest BCUT2D eigenvalue weighted by Gasteiger charge is -2.33. The van der Waals surface area contributed by atoms with Gasteiger partial charge in [-0.2, -0.15) is 5.53 Å². The number of hydrazine groups is 2. The number of nitrogens with zero attached hydrogens (tertiary/aromatic N) is 4. The quantitative estimate of drug-likeness (QED) is 0.590. The number of carbonyl (C=O) groups is 1. The zero-order chi connectivity index (χ0) is 19.6. The van der Waals surface area contributed by atoms with Crippen molar-refractivity contribution in [3.63, 3.8) is 0 Å². The van der Waals surface area contributed by atoms with Gasteiger partial charge >= 0.3 is 0 Å². The molecule has 0 aromatic carbocycles. The van der Waals surface area contributed by atoms with Crippen molar-refractivity contribution in [3.05, 3.63) is 36.4 Å². The van der Waals surface area contributed by atoms with Gasteiger partial charge in [0.25, 0.3) is 0 Å².